The Bertz CT molecular complexity index is 341. The molecule has 0 amide bonds. The fourth-order valence-electron chi connectivity index (χ4n) is 0.979. The normalized spacial score (nSPS) is 12.2. The van der Waals surface area contributed by atoms with Gasteiger partial charge in [-0.05, 0) is 24.1 Å². The van der Waals surface area contributed by atoms with Crippen LogP contribution in [-0.2, 0) is 6.42 Å². The molecule has 1 rings (SSSR count). The number of hydrogen-bond donors (Lipinski definition) is 1. The lowest BCUT2D eigenvalue weighted by Crippen LogP contribution is -2.20. The molecule has 1 atom stereocenters. The minimum Gasteiger partial charge on any atom is -0.317 e. The number of rotatable bonds is 2. The molecule has 1 aromatic carbocycles. The van der Waals surface area contributed by atoms with Gasteiger partial charge >= 0.3 is 0 Å². The molecule has 0 aliphatic heterocycles. The Morgan fingerprint density at radius 2 is 2.08 bits per heavy atom. The molecule has 1 unspecified atom stereocenters. The Balaban J connectivity index is 2.81. The molecule has 2 N–H and O–H groups in total. The molecule has 0 aromatic heterocycles. The lowest BCUT2D eigenvalue weighted by Gasteiger charge is -2.04. The predicted molar refractivity (Wildman–Crippen MR) is 46.9 cm³/mol. The first-order chi connectivity index (χ1) is 6.13. The van der Waals surface area contributed by atoms with E-state index < -0.39 is 17.7 Å². The summed E-state index contributed by atoms with van der Waals surface area (Å²) < 4.78 is 25.1. The van der Waals surface area contributed by atoms with Crippen molar-refractivity contribution in [3.05, 3.63) is 35.4 Å². The third-order valence-electron chi connectivity index (χ3n) is 1.65. The summed E-state index contributed by atoms with van der Waals surface area (Å²) in [6, 6.07) is 3.18. The van der Waals surface area contributed by atoms with Crippen LogP contribution >= 0.6 is 0 Å². The highest BCUT2D eigenvalue weighted by molar-refractivity contribution is 5.20. The number of benzene rings is 1. The van der Waals surface area contributed by atoms with E-state index in [1.807, 2.05) is 0 Å². The molecule has 0 radical (unpaired) electrons. The quantitative estimate of drug-likeness (QED) is 0.687. The van der Waals surface area contributed by atoms with Gasteiger partial charge in [0.25, 0.3) is 0 Å². The second-order valence-electron chi connectivity index (χ2n) is 2.73. The minimum absolute atomic E-state index is 0.355. The molecule has 0 saturated heterocycles. The average Bonchev–Trinajstić information content (AvgIpc) is 2.11. The fourth-order valence-corrected chi connectivity index (χ4v) is 0.979. The van der Waals surface area contributed by atoms with Gasteiger partial charge < -0.3 is 5.73 Å². The van der Waals surface area contributed by atoms with Gasteiger partial charge in [0.2, 0.25) is 0 Å². The molecule has 0 bridgehead atoms. The Hall–Kier alpha value is -1.40. The van der Waals surface area contributed by atoms with Crippen LogP contribution in [0.3, 0.4) is 0 Å². The van der Waals surface area contributed by atoms with Gasteiger partial charge in [0.05, 0.1) is 6.04 Å². The second-order valence-corrected chi connectivity index (χ2v) is 2.73. The lowest BCUT2D eigenvalue weighted by atomic mass is 10.1. The van der Waals surface area contributed by atoms with Crippen LogP contribution in [0.2, 0.25) is 0 Å². The molecule has 0 saturated carbocycles. The van der Waals surface area contributed by atoms with Gasteiger partial charge in [-0.3, -0.25) is 0 Å². The van der Waals surface area contributed by atoms with Crippen molar-refractivity contribution < 1.29 is 8.78 Å². The lowest BCUT2D eigenvalue weighted by molar-refractivity contribution is 0.506. The van der Waals surface area contributed by atoms with Crippen molar-refractivity contribution in [2.24, 2.45) is 5.73 Å². The second kappa shape index (κ2) is 4.01. The highest BCUT2D eigenvalue weighted by Gasteiger charge is 2.04. The summed E-state index contributed by atoms with van der Waals surface area (Å²) in [5, 5.41) is 0. The van der Waals surface area contributed by atoms with Crippen LogP contribution in [0.1, 0.15) is 5.56 Å². The maximum absolute atomic E-state index is 12.7. The predicted octanol–water partition coefficient (Wildman–Crippen LogP) is 1.47. The van der Waals surface area contributed by atoms with Crippen molar-refractivity contribution in [3.8, 4) is 12.3 Å². The van der Waals surface area contributed by atoms with Crippen molar-refractivity contribution >= 4 is 0 Å². The average molecular weight is 181 g/mol. The molecule has 0 aliphatic rings. The standard InChI is InChI=1S/C10H9F2N/c1-2-8(13)5-7-3-4-9(11)10(12)6-7/h1,3-4,6,8H,5,13H2. The molecule has 0 spiro atoms. The van der Waals surface area contributed by atoms with Gasteiger partial charge in [0.1, 0.15) is 0 Å². The molecule has 68 valence electrons. The summed E-state index contributed by atoms with van der Waals surface area (Å²) in [7, 11) is 0. The summed E-state index contributed by atoms with van der Waals surface area (Å²) >= 11 is 0. The fraction of sp³-hybridized carbons (Fsp3) is 0.200. The molecule has 1 aromatic rings. The first kappa shape index (κ1) is 9.69. The van der Waals surface area contributed by atoms with E-state index in [0.29, 0.717) is 12.0 Å². The number of terminal acetylenes is 1. The van der Waals surface area contributed by atoms with Crippen LogP contribution in [0, 0.1) is 24.0 Å². The van der Waals surface area contributed by atoms with E-state index in [1.165, 1.54) is 6.07 Å². The van der Waals surface area contributed by atoms with Crippen molar-refractivity contribution in [2.45, 2.75) is 12.5 Å². The van der Waals surface area contributed by atoms with E-state index in [1.54, 1.807) is 0 Å². The first-order valence-electron chi connectivity index (χ1n) is 3.79. The van der Waals surface area contributed by atoms with E-state index in [-0.39, 0.29) is 0 Å². The molecule has 0 heterocycles. The minimum atomic E-state index is -0.873. The van der Waals surface area contributed by atoms with Crippen LogP contribution < -0.4 is 5.73 Å². The van der Waals surface area contributed by atoms with Crippen molar-refractivity contribution in [1.82, 2.24) is 0 Å². The Labute approximate surface area is 75.6 Å². The zero-order chi connectivity index (χ0) is 9.84. The largest absolute Gasteiger partial charge is 0.317 e. The van der Waals surface area contributed by atoms with Gasteiger partial charge in [0, 0.05) is 0 Å². The zero-order valence-corrected chi connectivity index (χ0v) is 6.93. The third kappa shape index (κ3) is 2.53. The van der Waals surface area contributed by atoms with E-state index in [4.69, 9.17) is 12.2 Å². The van der Waals surface area contributed by atoms with Crippen molar-refractivity contribution in [2.75, 3.05) is 0 Å². The summed E-state index contributed by atoms with van der Waals surface area (Å²) in [4.78, 5) is 0. The summed E-state index contributed by atoms with van der Waals surface area (Å²) in [6.45, 7) is 0. The summed E-state index contributed by atoms with van der Waals surface area (Å²) in [5.74, 6) is 0.573. The third-order valence-corrected chi connectivity index (χ3v) is 1.65. The highest BCUT2D eigenvalue weighted by atomic mass is 19.2. The van der Waals surface area contributed by atoms with Crippen LogP contribution in [0.5, 0.6) is 0 Å². The first-order valence-corrected chi connectivity index (χ1v) is 3.79. The Morgan fingerprint density at radius 1 is 1.38 bits per heavy atom. The smallest absolute Gasteiger partial charge is 0.159 e. The van der Waals surface area contributed by atoms with E-state index >= 15 is 0 Å². The molecule has 13 heavy (non-hydrogen) atoms. The summed E-state index contributed by atoms with van der Waals surface area (Å²) in [6.07, 6.45) is 5.40. The number of halogens is 2. The molecular weight excluding hydrogens is 172 g/mol. The van der Waals surface area contributed by atoms with Gasteiger partial charge in [-0.25, -0.2) is 8.78 Å². The monoisotopic (exact) mass is 181 g/mol. The van der Waals surface area contributed by atoms with Gasteiger partial charge in [0.15, 0.2) is 11.6 Å². The SMILES string of the molecule is C#CC(N)Cc1ccc(F)c(F)c1. The number of hydrogen-bond acceptors (Lipinski definition) is 1. The van der Waals surface area contributed by atoms with E-state index in [2.05, 4.69) is 5.92 Å². The maximum Gasteiger partial charge on any atom is 0.159 e. The number of nitrogens with two attached hydrogens (primary N) is 1. The molecule has 1 nitrogen and oxygen atoms in total. The molecule has 0 fully saturated rings. The molecule has 3 heteroatoms. The topological polar surface area (TPSA) is 26.0 Å². The maximum atomic E-state index is 12.7. The van der Waals surface area contributed by atoms with Crippen LogP contribution in [0.25, 0.3) is 0 Å². The molecular formula is C10H9F2N. The van der Waals surface area contributed by atoms with Crippen molar-refractivity contribution in [3.63, 3.8) is 0 Å². The molecule has 0 aliphatic carbocycles. The van der Waals surface area contributed by atoms with E-state index in [0.717, 1.165) is 12.1 Å². The Morgan fingerprint density at radius 3 is 2.62 bits per heavy atom. The Kier molecular flexibility index (Phi) is 2.99. The van der Waals surface area contributed by atoms with E-state index in [9.17, 15) is 8.78 Å². The van der Waals surface area contributed by atoms with Crippen LogP contribution in [0.4, 0.5) is 8.78 Å². The van der Waals surface area contributed by atoms with Gasteiger partial charge in [-0.15, -0.1) is 6.42 Å². The van der Waals surface area contributed by atoms with Gasteiger partial charge in [-0.2, -0.15) is 0 Å². The summed E-state index contributed by atoms with van der Waals surface area (Å²) in [5.41, 5.74) is 6.04. The zero-order valence-electron chi connectivity index (χ0n) is 6.93. The van der Waals surface area contributed by atoms with Crippen LogP contribution in [0.15, 0.2) is 18.2 Å². The van der Waals surface area contributed by atoms with Crippen LogP contribution in [-0.4, -0.2) is 6.04 Å². The van der Waals surface area contributed by atoms with Crippen molar-refractivity contribution in [1.29, 1.82) is 0 Å². The van der Waals surface area contributed by atoms with Gasteiger partial charge in [-0.1, -0.05) is 12.0 Å². The highest BCUT2D eigenvalue weighted by Crippen LogP contribution is 2.09.